The van der Waals surface area contributed by atoms with Crippen molar-refractivity contribution in [1.29, 1.82) is 0 Å². The van der Waals surface area contributed by atoms with Gasteiger partial charge in [0.25, 0.3) is 5.52 Å². The average Bonchev–Trinajstić information content (AvgIpc) is 2.68. The van der Waals surface area contributed by atoms with Crippen molar-refractivity contribution in [3.05, 3.63) is 29.7 Å². The zero-order valence-electron chi connectivity index (χ0n) is 11.1. The van der Waals surface area contributed by atoms with Crippen molar-refractivity contribution >= 4 is 19.1 Å². The van der Waals surface area contributed by atoms with Gasteiger partial charge < -0.3 is 9.94 Å². The van der Waals surface area contributed by atoms with E-state index >= 15 is 0 Å². The minimum atomic E-state index is -1.05. The van der Waals surface area contributed by atoms with E-state index in [1.807, 2.05) is 6.07 Å². The van der Waals surface area contributed by atoms with Crippen LogP contribution in [0.3, 0.4) is 0 Å². The maximum absolute atomic E-state index is 11.5. The first-order valence-corrected chi connectivity index (χ1v) is 9.79. The molecule has 2 aromatic rings. The molecule has 0 radical (unpaired) electrons. The van der Waals surface area contributed by atoms with E-state index in [4.69, 9.17) is 4.74 Å². The van der Waals surface area contributed by atoms with Crippen LogP contribution in [0.25, 0.3) is 11.0 Å². The van der Waals surface area contributed by atoms with Crippen LogP contribution in [-0.4, -0.2) is 24.5 Å². The first kappa shape index (κ1) is 13.0. The molecule has 5 nitrogen and oxygen atoms in total. The van der Waals surface area contributed by atoms with Gasteiger partial charge in [0.2, 0.25) is 0 Å². The van der Waals surface area contributed by atoms with Crippen LogP contribution in [0.4, 0.5) is 0 Å². The summed E-state index contributed by atoms with van der Waals surface area (Å²) in [5.74, 6) is 0. The molecule has 0 unspecified atom stereocenters. The highest BCUT2D eigenvalue weighted by Gasteiger charge is 2.13. The van der Waals surface area contributed by atoms with E-state index in [0.29, 0.717) is 12.2 Å². The summed E-state index contributed by atoms with van der Waals surface area (Å²) in [6.07, 6.45) is 3.05. The van der Waals surface area contributed by atoms with Gasteiger partial charge in [-0.25, -0.2) is 4.68 Å². The van der Waals surface area contributed by atoms with E-state index < -0.39 is 8.07 Å². The van der Waals surface area contributed by atoms with Crippen molar-refractivity contribution in [3.8, 4) is 0 Å². The fourth-order valence-electron chi connectivity index (χ4n) is 1.65. The molecule has 0 aliphatic carbocycles. The highest BCUT2D eigenvalue weighted by atomic mass is 28.3. The molecule has 0 saturated carbocycles. The van der Waals surface area contributed by atoms with Crippen LogP contribution in [-0.2, 0) is 11.5 Å². The SMILES string of the molecule is C[Si](C)(C)CCOCn1ncc2c1ccc[n+]2[O-]. The van der Waals surface area contributed by atoms with Gasteiger partial charge in [-0.2, -0.15) is 9.83 Å². The highest BCUT2D eigenvalue weighted by molar-refractivity contribution is 6.76. The third-order valence-corrected chi connectivity index (χ3v) is 4.49. The largest absolute Gasteiger partial charge is 0.618 e. The fourth-order valence-corrected chi connectivity index (χ4v) is 2.41. The van der Waals surface area contributed by atoms with Crippen molar-refractivity contribution in [1.82, 2.24) is 9.78 Å². The number of ether oxygens (including phenoxy) is 1. The minimum absolute atomic E-state index is 0.401. The maximum Gasteiger partial charge on any atom is 0.262 e. The summed E-state index contributed by atoms with van der Waals surface area (Å²) >= 11 is 0. The predicted molar refractivity (Wildman–Crippen MR) is 72.8 cm³/mol. The predicted octanol–water partition coefficient (Wildman–Crippen LogP) is 1.98. The third-order valence-electron chi connectivity index (χ3n) is 2.78. The number of pyridine rings is 1. The monoisotopic (exact) mass is 265 g/mol. The zero-order chi connectivity index (χ0) is 13.2. The zero-order valence-corrected chi connectivity index (χ0v) is 12.1. The fraction of sp³-hybridized carbons (Fsp3) is 0.500. The Labute approximate surface area is 108 Å². The smallest absolute Gasteiger partial charge is 0.262 e. The van der Waals surface area contributed by atoms with E-state index in [9.17, 15) is 5.21 Å². The van der Waals surface area contributed by atoms with Gasteiger partial charge in [-0.3, -0.25) is 0 Å². The van der Waals surface area contributed by atoms with E-state index in [0.717, 1.165) is 22.9 Å². The molecular formula is C12H19N3O2Si. The Kier molecular flexibility index (Phi) is 3.67. The molecule has 2 aromatic heterocycles. The molecule has 0 aliphatic rings. The molecular weight excluding hydrogens is 246 g/mol. The Morgan fingerprint density at radius 2 is 2.22 bits per heavy atom. The number of aromatic nitrogens is 3. The first-order chi connectivity index (χ1) is 8.47. The Hall–Kier alpha value is -1.40. The Bertz CT molecular complexity index is 534. The van der Waals surface area contributed by atoms with Gasteiger partial charge in [0.15, 0.2) is 6.20 Å². The van der Waals surface area contributed by atoms with Gasteiger partial charge >= 0.3 is 0 Å². The summed E-state index contributed by atoms with van der Waals surface area (Å²) in [6, 6.07) is 4.72. The van der Waals surface area contributed by atoms with Crippen LogP contribution >= 0.6 is 0 Å². The second-order valence-corrected chi connectivity index (χ2v) is 11.2. The van der Waals surface area contributed by atoms with Crippen LogP contribution in [0.15, 0.2) is 24.5 Å². The van der Waals surface area contributed by atoms with Crippen molar-refractivity contribution in [3.63, 3.8) is 0 Å². The van der Waals surface area contributed by atoms with Crippen LogP contribution < -0.4 is 4.73 Å². The molecule has 0 bridgehead atoms. The van der Waals surface area contributed by atoms with Crippen molar-refractivity contribution in [2.24, 2.45) is 0 Å². The first-order valence-electron chi connectivity index (χ1n) is 6.09. The molecule has 0 aromatic carbocycles. The lowest BCUT2D eigenvalue weighted by Gasteiger charge is -2.15. The molecule has 18 heavy (non-hydrogen) atoms. The second-order valence-electron chi connectivity index (χ2n) is 5.60. The Balaban J connectivity index is 1.98. The molecule has 98 valence electrons. The molecule has 0 atom stereocenters. The lowest BCUT2D eigenvalue weighted by Crippen LogP contribution is -2.25. The number of hydrogen-bond donors (Lipinski definition) is 0. The van der Waals surface area contributed by atoms with Gasteiger partial charge in [-0.15, -0.1) is 0 Å². The molecule has 0 fully saturated rings. The lowest BCUT2D eigenvalue weighted by molar-refractivity contribution is -0.577. The van der Waals surface area contributed by atoms with Gasteiger partial charge in [0.05, 0.1) is 0 Å². The Morgan fingerprint density at radius 3 is 2.94 bits per heavy atom. The topological polar surface area (TPSA) is 54.0 Å². The third kappa shape index (κ3) is 3.08. The number of fused-ring (bicyclic) bond motifs is 1. The summed E-state index contributed by atoms with van der Waals surface area (Å²) in [4.78, 5) is 0. The van der Waals surface area contributed by atoms with Gasteiger partial charge in [-0.1, -0.05) is 19.6 Å². The molecule has 0 N–H and O–H groups in total. The number of rotatable bonds is 5. The van der Waals surface area contributed by atoms with Gasteiger partial charge in [0.1, 0.15) is 18.4 Å². The van der Waals surface area contributed by atoms with Crippen molar-refractivity contribution in [2.75, 3.05) is 6.61 Å². The molecule has 2 rings (SSSR count). The van der Waals surface area contributed by atoms with E-state index in [-0.39, 0.29) is 0 Å². The average molecular weight is 265 g/mol. The van der Waals surface area contributed by atoms with Gasteiger partial charge in [0, 0.05) is 20.7 Å². The van der Waals surface area contributed by atoms with Crippen LogP contribution in [0.1, 0.15) is 0 Å². The van der Waals surface area contributed by atoms with Crippen LogP contribution in [0.2, 0.25) is 25.7 Å². The summed E-state index contributed by atoms with van der Waals surface area (Å²) in [5.41, 5.74) is 1.38. The van der Waals surface area contributed by atoms with Gasteiger partial charge in [-0.05, 0) is 12.1 Å². The number of nitrogens with zero attached hydrogens (tertiary/aromatic N) is 3. The lowest BCUT2D eigenvalue weighted by atomic mass is 10.4. The molecule has 2 heterocycles. The molecule has 0 saturated heterocycles. The number of hydrogen-bond acceptors (Lipinski definition) is 3. The standard InChI is InChI=1S/C12H19N3O2Si/c1-18(2,3)8-7-17-10-14-11-5-4-6-15(16)12(11)9-13-14/h4-6,9H,7-8,10H2,1-3H3. The van der Waals surface area contributed by atoms with E-state index in [1.54, 1.807) is 16.9 Å². The Morgan fingerprint density at radius 1 is 1.44 bits per heavy atom. The molecule has 6 heteroatoms. The summed E-state index contributed by atoms with van der Waals surface area (Å²) < 4.78 is 8.16. The molecule has 0 amide bonds. The van der Waals surface area contributed by atoms with E-state index in [2.05, 4.69) is 24.7 Å². The summed E-state index contributed by atoms with van der Waals surface area (Å²) in [5, 5.41) is 15.7. The van der Waals surface area contributed by atoms with Crippen molar-refractivity contribution in [2.45, 2.75) is 32.4 Å². The molecule has 0 aliphatic heterocycles. The maximum atomic E-state index is 11.5. The second kappa shape index (κ2) is 5.07. The quantitative estimate of drug-likeness (QED) is 0.359. The summed E-state index contributed by atoms with van der Waals surface area (Å²) in [6.45, 7) is 8.11. The van der Waals surface area contributed by atoms with Crippen molar-refractivity contribution < 1.29 is 9.47 Å². The normalized spacial score (nSPS) is 12.2. The summed E-state index contributed by atoms with van der Waals surface area (Å²) in [7, 11) is -1.05. The highest BCUT2D eigenvalue weighted by Crippen LogP contribution is 2.10. The minimum Gasteiger partial charge on any atom is -0.618 e. The van der Waals surface area contributed by atoms with E-state index in [1.165, 1.54) is 6.20 Å². The van der Waals surface area contributed by atoms with Crippen LogP contribution in [0.5, 0.6) is 0 Å². The molecule has 0 spiro atoms. The van der Waals surface area contributed by atoms with Crippen LogP contribution in [0, 0.1) is 5.21 Å².